The van der Waals surface area contributed by atoms with Gasteiger partial charge in [-0.3, -0.25) is 0 Å². The predicted octanol–water partition coefficient (Wildman–Crippen LogP) is 3.44. The van der Waals surface area contributed by atoms with Gasteiger partial charge in [0.1, 0.15) is 5.56 Å². The SMILES string of the molecule is CC(C)(C)CCOc1c(Cl)cc(N)cc1C(=O)O. The minimum absolute atomic E-state index is 0.00564. The Bertz CT molecular complexity index is 452. The number of hydrogen-bond donors (Lipinski definition) is 2. The van der Waals surface area contributed by atoms with Crippen LogP contribution in [0.5, 0.6) is 5.75 Å². The predicted molar refractivity (Wildman–Crippen MR) is 72.4 cm³/mol. The molecular weight excluding hydrogens is 254 g/mol. The molecule has 0 radical (unpaired) electrons. The van der Waals surface area contributed by atoms with Crippen molar-refractivity contribution in [3.05, 3.63) is 22.7 Å². The van der Waals surface area contributed by atoms with E-state index < -0.39 is 5.97 Å². The average molecular weight is 272 g/mol. The van der Waals surface area contributed by atoms with Gasteiger partial charge in [-0.15, -0.1) is 0 Å². The molecule has 5 heteroatoms. The van der Waals surface area contributed by atoms with Crippen molar-refractivity contribution in [3.8, 4) is 5.75 Å². The number of hydrogen-bond acceptors (Lipinski definition) is 3. The fourth-order valence-corrected chi connectivity index (χ4v) is 1.66. The lowest BCUT2D eigenvalue weighted by molar-refractivity contribution is 0.0692. The summed E-state index contributed by atoms with van der Waals surface area (Å²) in [5.41, 5.74) is 5.98. The van der Waals surface area contributed by atoms with Crippen molar-refractivity contribution < 1.29 is 14.6 Å². The van der Waals surface area contributed by atoms with E-state index in [-0.39, 0.29) is 21.8 Å². The van der Waals surface area contributed by atoms with E-state index in [1.165, 1.54) is 12.1 Å². The molecule has 0 aliphatic heterocycles. The van der Waals surface area contributed by atoms with Gasteiger partial charge in [-0.2, -0.15) is 0 Å². The molecule has 0 atom stereocenters. The number of anilines is 1. The second kappa shape index (κ2) is 5.48. The molecule has 1 aromatic rings. The lowest BCUT2D eigenvalue weighted by Gasteiger charge is -2.19. The van der Waals surface area contributed by atoms with Crippen LogP contribution in [0, 0.1) is 5.41 Å². The molecule has 100 valence electrons. The Balaban J connectivity index is 2.91. The van der Waals surface area contributed by atoms with Gasteiger partial charge in [0, 0.05) is 5.69 Å². The quantitative estimate of drug-likeness (QED) is 0.823. The number of carboxylic acids is 1. The molecule has 0 bridgehead atoms. The van der Waals surface area contributed by atoms with Gasteiger partial charge in [0.15, 0.2) is 5.75 Å². The van der Waals surface area contributed by atoms with Crippen LogP contribution in [0.25, 0.3) is 0 Å². The summed E-state index contributed by atoms with van der Waals surface area (Å²) in [5.74, 6) is -0.919. The first-order valence-electron chi connectivity index (χ1n) is 5.66. The van der Waals surface area contributed by atoms with Gasteiger partial charge in [-0.25, -0.2) is 4.79 Å². The molecular formula is C13H18ClNO3. The van der Waals surface area contributed by atoms with E-state index in [0.717, 1.165) is 6.42 Å². The van der Waals surface area contributed by atoms with Crippen molar-refractivity contribution in [3.63, 3.8) is 0 Å². The minimum atomic E-state index is -1.10. The van der Waals surface area contributed by atoms with Crippen LogP contribution in [0.1, 0.15) is 37.6 Å². The summed E-state index contributed by atoms with van der Waals surface area (Å²) >= 11 is 5.96. The summed E-state index contributed by atoms with van der Waals surface area (Å²) in [7, 11) is 0. The third-order valence-electron chi connectivity index (χ3n) is 2.39. The van der Waals surface area contributed by atoms with E-state index in [1.807, 2.05) is 0 Å². The molecule has 0 amide bonds. The molecule has 0 saturated heterocycles. The van der Waals surface area contributed by atoms with Crippen molar-refractivity contribution >= 4 is 23.3 Å². The molecule has 0 aliphatic carbocycles. The van der Waals surface area contributed by atoms with Gasteiger partial charge in [-0.05, 0) is 24.0 Å². The highest BCUT2D eigenvalue weighted by atomic mass is 35.5. The van der Waals surface area contributed by atoms with Gasteiger partial charge in [0.25, 0.3) is 0 Å². The van der Waals surface area contributed by atoms with Crippen molar-refractivity contribution in [2.45, 2.75) is 27.2 Å². The third-order valence-corrected chi connectivity index (χ3v) is 2.68. The first-order chi connectivity index (χ1) is 8.20. The van der Waals surface area contributed by atoms with Crippen LogP contribution in [0.3, 0.4) is 0 Å². The van der Waals surface area contributed by atoms with Crippen LogP contribution < -0.4 is 10.5 Å². The van der Waals surface area contributed by atoms with Crippen LogP contribution >= 0.6 is 11.6 Å². The molecule has 4 nitrogen and oxygen atoms in total. The van der Waals surface area contributed by atoms with E-state index in [4.69, 9.17) is 27.2 Å². The van der Waals surface area contributed by atoms with Crippen LogP contribution in [-0.2, 0) is 0 Å². The number of ether oxygens (including phenoxy) is 1. The summed E-state index contributed by atoms with van der Waals surface area (Å²) in [6.45, 7) is 6.66. The van der Waals surface area contributed by atoms with Crippen LogP contribution in [-0.4, -0.2) is 17.7 Å². The number of aromatic carboxylic acids is 1. The number of halogens is 1. The lowest BCUT2D eigenvalue weighted by atomic mass is 9.93. The summed E-state index contributed by atoms with van der Waals surface area (Å²) in [4.78, 5) is 11.1. The molecule has 0 spiro atoms. The molecule has 0 heterocycles. The summed E-state index contributed by atoms with van der Waals surface area (Å²) in [6.07, 6.45) is 0.798. The number of carbonyl (C=O) groups is 1. The standard InChI is InChI=1S/C13H18ClNO3/c1-13(2,3)4-5-18-11-9(12(16)17)6-8(15)7-10(11)14/h6-7H,4-5,15H2,1-3H3,(H,16,17). The average Bonchev–Trinajstić information content (AvgIpc) is 2.18. The lowest BCUT2D eigenvalue weighted by Crippen LogP contribution is -2.13. The van der Waals surface area contributed by atoms with E-state index >= 15 is 0 Å². The van der Waals surface area contributed by atoms with Crippen LogP contribution in [0.2, 0.25) is 5.02 Å². The molecule has 0 unspecified atom stereocenters. The zero-order chi connectivity index (χ0) is 13.9. The van der Waals surface area contributed by atoms with Gasteiger partial charge >= 0.3 is 5.97 Å². The maximum absolute atomic E-state index is 11.1. The van der Waals surface area contributed by atoms with Crippen LogP contribution in [0.4, 0.5) is 5.69 Å². The van der Waals surface area contributed by atoms with Crippen molar-refractivity contribution in [1.82, 2.24) is 0 Å². The normalized spacial score (nSPS) is 11.3. The number of nitrogens with two attached hydrogens (primary N) is 1. The maximum Gasteiger partial charge on any atom is 0.339 e. The molecule has 18 heavy (non-hydrogen) atoms. The highest BCUT2D eigenvalue weighted by Gasteiger charge is 2.17. The number of carboxylic acid groups (broad SMARTS) is 1. The highest BCUT2D eigenvalue weighted by Crippen LogP contribution is 2.32. The van der Waals surface area contributed by atoms with Crippen molar-refractivity contribution in [2.24, 2.45) is 5.41 Å². The second-order valence-electron chi connectivity index (χ2n) is 5.34. The fourth-order valence-electron chi connectivity index (χ4n) is 1.38. The van der Waals surface area contributed by atoms with Crippen LogP contribution in [0.15, 0.2) is 12.1 Å². The Kier molecular flexibility index (Phi) is 4.46. The van der Waals surface area contributed by atoms with Gasteiger partial charge in [-0.1, -0.05) is 32.4 Å². The van der Waals surface area contributed by atoms with E-state index in [1.54, 1.807) is 0 Å². The van der Waals surface area contributed by atoms with Crippen molar-refractivity contribution in [1.29, 1.82) is 0 Å². The first-order valence-corrected chi connectivity index (χ1v) is 6.03. The first kappa shape index (κ1) is 14.6. The molecule has 3 N–H and O–H groups in total. The van der Waals surface area contributed by atoms with Gasteiger partial charge in [0.05, 0.1) is 11.6 Å². The monoisotopic (exact) mass is 271 g/mol. The zero-order valence-corrected chi connectivity index (χ0v) is 11.5. The summed E-state index contributed by atoms with van der Waals surface area (Å²) < 4.78 is 5.49. The topological polar surface area (TPSA) is 72.5 Å². The highest BCUT2D eigenvalue weighted by molar-refractivity contribution is 6.33. The third kappa shape index (κ3) is 4.11. The smallest absolute Gasteiger partial charge is 0.339 e. The molecule has 1 rings (SSSR count). The zero-order valence-electron chi connectivity index (χ0n) is 10.8. The van der Waals surface area contributed by atoms with Crippen molar-refractivity contribution in [2.75, 3.05) is 12.3 Å². The van der Waals surface area contributed by atoms with E-state index in [0.29, 0.717) is 12.3 Å². The summed E-state index contributed by atoms with van der Waals surface area (Å²) in [6, 6.07) is 2.83. The Morgan fingerprint density at radius 1 is 1.44 bits per heavy atom. The molecule has 0 aliphatic rings. The molecule has 1 aromatic carbocycles. The van der Waals surface area contributed by atoms with E-state index in [2.05, 4.69) is 20.8 Å². The fraction of sp³-hybridized carbons (Fsp3) is 0.462. The number of rotatable bonds is 4. The Morgan fingerprint density at radius 3 is 2.56 bits per heavy atom. The number of nitrogen functional groups attached to an aromatic ring is 1. The van der Waals surface area contributed by atoms with Gasteiger partial charge in [0.2, 0.25) is 0 Å². The minimum Gasteiger partial charge on any atom is -0.491 e. The molecule has 0 saturated carbocycles. The second-order valence-corrected chi connectivity index (χ2v) is 5.75. The molecule has 0 fully saturated rings. The van der Waals surface area contributed by atoms with Gasteiger partial charge < -0.3 is 15.6 Å². The van der Waals surface area contributed by atoms with E-state index in [9.17, 15) is 4.79 Å². The Morgan fingerprint density at radius 2 is 2.06 bits per heavy atom. The Labute approximate surface area is 112 Å². The molecule has 0 aromatic heterocycles. The largest absolute Gasteiger partial charge is 0.491 e. The Hall–Kier alpha value is -1.42. The number of benzene rings is 1. The maximum atomic E-state index is 11.1. The summed E-state index contributed by atoms with van der Waals surface area (Å²) in [5, 5.41) is 9.30.